The van der Waals surface area contributed by atoms with E-state index < -0.39 is 21.2 Å². The van der Waals surface area contributed by atoms with Crippen LogP contribution in [0.5, 0.6) is 0 Å². The second-order valence-electron chi connectivity index (χ2n) is 4.83. The maximum Gasteiger partial charge on any atom is 0.329 e. The molecule has 0 saturated heterocycles. The van der Waals surface area contributed by atoms with E-state index in [-0.39, 0.29) is 6.01 Å². The van der Waals surface area contributed by atoms with Gasteiger partial charge in [0, 0.05) is 14.1 Å². The average Bonchev–Trinajstić information content (AvgIpc) is 3.09. The van der Waals surface area contributed by atoms with E-state index in [1.165, 1.54) is 25.9 Å². The molecule has 2 aromatic rings. The fourth-order valence-corrected chi connectivity index (χ4v) is 3.29. The van der Waals surface area contributed by atoms with E-state index in [1.54, 1.807) is 11.3 Å². The number of thiophene rings is 1. The van der Waals surface area contributed by atoms with Crippen LogP contribution >= 0.6 is 11.3 Å². The molecule has 22 heavy (non-hydrogen) atoms. The van der Waals surface area contributed by atoms with Gasteiger partial charge in [0.05, 0.1) is 6.42 Å². The van der Waals surface area contributed by atoms with Crippen LogP contribution in [0.15, 0.2) is 21.2 Å². The van der Waals surface area contributed by atoms with Gasteiger partial charge in [-0.15, -0.1) is 5.10 Å². The molecule has 120 valence electrons. The molecular weight excluding hydrogens is 328 g/mol. The molecular formula is C12H16N4O4S2. The van der Waals surface area contributed by atoms with Crippen LogP contribution in [-0.2, 0) is 21.2 Å². The van der Waals surface area contributed by atoms with Crippen LogP contribution < -0.4 is 4.72 Å². The Morgan fingerprint density at radius 1 is 1.45 bits per heavy atom. The van der Waals surface area contributed by atoms with E-state index in [4.69, 9.17) is 4.42 Å². The van der Waals surface area contributed by atoms with Gasteiger partial charge in [-0.3, -0.25) is 4.79 Å². The molecule has 0 aromatic carbocycles. The molecule has 2 aromatic heterocycles. The Morgan fingerprint density at radius 3 is 2.77 bits per heavy atom. The summed E-state index contributed by atoms with van der Waals surface area (Å²) in [5, 5.41) is 10.0. The van der Waals surface area contributed by atoms with Gasteiger partial charge < -0.3 is 9.32 Å². The Morgan fingerprint density at radius 2 is 2.18 bits per heavy atom. The Bertz CT molecular complexity index is 737. The average molecular weight is 344 g/mol. The first-order valence-corrected chi connectivity index (χ1v) is 8.85. The number of anilines is 1. The number of amides is 1. The fourth-order valence-electron chi connectivity index (χ4n) is 1.64. The summed E-state index contributed by atoms with van der Waals surface area (Å²) in [6, 6.07) is 1.67. The zero-order valence-electron chi connectivity index (χ0n) is 12.3. The molecule has 0 aliphatic heterocycles. The number of carbonyl (C=O) groups excluding carboxylic acids is 1. The van der Waals surface area contributed by atoms with Crippen molar-refractivity contribution in [2.45, 2.75) is 18.6 Å². The summed E-state index contributed by atoms with van der Waals surface area (Å²) in [7, 11) is -0.969. The van der Waals surface area contributed by atoms with Crippen LogP contribution in [0.1, 0.15) is 18.4 Å². The van der Waals surface area contributed by atoms with Crippen molar-refractivity contribution in [1.29, 1.82) is 0 Å². The SMILES string of the molecule is CC(C(=O)N(C)C)S(=O)(=O)Nc1nnc(Cc2ccsc2)o1. The van der Waals surface area contributed by atoms with Gasteiger partial charge in [-0.25, -0.2) is 13.1 Å². The van der Waals surface area contributed by atoms with Gasteiger partial charge >= 0.3 is 6.01 Å². The summed E-state index contributed by atoms with van der Waals surface area (Å²) in [5.41, 5.74) is 0.999. The fraction of sp³-hybridized carbons (Fsp3) is 0.417. The van der Waals surface area contributed by atoms with E-state index in [9.17, 15) is 13.2 Å². The minimum atomic E-state index is -3.94. The lowest BCUT2D eigenvalue weighted by molar-refractivity contribution is -0.127. The number of sulfonamides is 1. The van der Waals surface area contributed by atoms with Gasteiger partial charge in [-0.1, -0.05) is 5.10 Å². The first-order valence-electron chi connectivity index (χ1n) is 6.36. The van der Waals surface area contributed by atoms with Crippen molar-refractivity contribution < 1.29 is 17.6 Å². The Hall–Kier alpha value is -1.94. The molecule has 10 heteroatoms. The van der Waals surface area contributed by atoms with E-state index in [2.05, 4.69) is 14.9 Å². The predicted octanol–water partition coefficient (Wildman–Crippen LogP) is 0.940. The Labute approximate surface area is 132 Å². The van der Waals surface area contributed by atoms with Gasteiger partial charge in [0.2, 0.25) is 21.8 Å². The molecule has 2 heterocycles. The second-order valence-corrected chi connectivity index (χ2v) is 7.61. The van der Waals surface area contributed by atoms with Crippen LogP contribution in [0.25, 0.3) is 0 Å². The molecule has 2 rings (SSSR count). The van der Waals surface area contributed by atoms with Gasteiger partial charge in [0.15, 0.2) is 5.25 Å². The highest BCUT2D eigenvalue weighted by Crippen LogP contribution is 2.15. The monoisotopic (exact) mass is 344 g/mol. The lowest BCUT2D eigenvalue weighted by Crippen LogP contribution is -2.39. The number of hydrogen-bond acceptors (Lipinski definition) is 7. The third-order valence-electron chi connectivity index (χ3n) is 2.89. The van der Waals surface area contributed by atoms with E-state index in [1.807, 2.05) is 16.8 Å². The van der Waals surface area contributed by atoms with Crippen molar-refractivity contribution in [1.82, 2.24) is 15.1 Å². The molecule has 0 saturated carbocycles. The minimum absolute atomic E-state index is 0.247. The topological polar surface area (TPSA) is 105 Å². The van der Waals surface area contributed by atoms with Crippen molar-refractivity contribution in [3.8, 4) is 0 Å². The molecule has 0 bridgehead atoms. The number of nitrogens with zero attached hydrogens (tertiary/aromatic N) is 3. The predicted molar refractivity (Wildman–Crippen MR) is 82.1 cm³/mol. The molecule has 8 nitrogen and oxygen atoms in total. The highest BCUT2D eigenvalue weighted by atomic mass is 32.2. The first kappa shape index (κ1) is 16.4. The maximum atomic E-state index is 12.1. The van der Waals surface area contributed by atoms with E-state index >= 15 is 0 Å². The standard InChI is InChI=1S/C12H16N4O4S2/c1-8(11(17)16(2)3)22(18,19)15-12-14-13-10(20-12)6-9-4-5-21-7-9/h4-5,7-8H,6H2,1-3H3,(H,14,15). The highest BCUT2D eigenvalue weighted by molar-refractivity contribution is 7.94. The van der Waals surface area contributed by atoms with Gasteiger partial charge in [0.25, 0.3) is 0 Å². The molecule has 0 spiro atoms. The van der Waals surface area contributed by atoms with Gasteiger partial charge in [-0.2, -0.15) is 11.3 Å². The molecule has 0 radical (unpaired) electrons. The normalized spacial score (nSPS) is 12.9. The van der Waals surface area contributed by atoms with Gasteiger partial charge in [0.1, 0.15) is 0 Å². The van der Waals surface area contributed by atoms with E-state index in [0.717, 1.165) is 5.56 Å². The van der Waals surface area contributed by atoms with Crippen LogP contribution in [0.2, 0.25) is 0 Å². The van der Waals surface area contributed by atoms with Gasteiger partial charge in [-0.05, 0) is 29.3 Å². The third kappa shape index (κ3) is 3.83. The zero-order valence-corrected chi connectivity index (χ0v) is 13.9. The number of hydrogen-bond donors (Lipinski definition) is 1. The molecule has 0 fully saturated rings. The molecule has 0 aliphatic carbocycles. The summed E-state index contributed by atoms with van der Waals surface area (Å²) in [6.07, 6.45) is 0.421. The van der Waals surface area contributed by atoms with Crippen LogP contribution in [-0.4, -0.2) is 48.8 Å². The van der Waals surface area contributed by atoms with Crippen LogP contribution in [0, 0.1) is 0 Å². The van der Waals surface area contributed by atoms with E-state index in [0.29, 0.717) is 12.3 Å². The second kappa shape index (κ2) is 6.44. The molecule has 1 N–H and O–H groups in total. The lowest BCUT2D eigenvalue weighted by Gasteiger charge is -2.16. The first-order chi connectivity index (χ1) is 10.3. The summed E-state index contributed by atoms with van der Waals surface area (Å²) in [5.74, 6) is -0.242. The zero-order chi connectivity index (χ0) is 16.3. The number of carbonyl (C=O) groups is 1. The summed E-state index contributed by atoms with van der Waals surface area (Å²) >= 11 is 1.54. The van der Waals surface area contributed by atoms with Crippen molar-refractivity contribution in [3.05, 3.63) is 28.3 Å². The maximum absolute atomic E-state index is 12.1. The summed E-state index contributed by atoms with van der Waals surface area (Å²) in [6.45, 7) is 1.30. The van der Waals surface area contributed by atoms with Crippen molar-refractivity contribution >= 4 is 33.3 Å². The molecule has 0 aliphatic rings. The Kier molecular flexibility index (Phi) is 4.81. The smallest absolute Gasteiger partial charge is 0.329 e. The summed E-state index contributed by atoms with van der Waals surface area (Å²) in [4.78, 5) is 12.9. The number of rotatable bonds is 6. The summed E-state index contributed by atoms with van der Waals surface area (Å²) < 4.78 is 31.6. The molecule has 1 amide bonds. The third-order valence-corrected chi connectivity index (χ3v) is 5.21. The van der Waals surface area contributed by atoms with Crippen molar-refractivity contribution in [2.75, 3.05) is 18.8 Å². The largest absolute Gasteiger partial charge is 0.407 e. The minimum Gasteiger partial charge on any atom is -0.407 e. The quantitative estimate of drug-likeness (QED) is 0.836. The lowest BCUT2D eigenvalue weighted by atomic mass is 10.2. The van der Waals surface area contributed by atoms with Crippen molar-refractivity contribution in [2.24, 2.45) is 0 Å². The highest BCUT2D eigenvalue weighted by Gasteiger charge is 2.30. The number of nitrogens with one attached hydrogen (secondary N) is 1. The Balaban J connectivity index is 2.07. The van der Waals surface area contributed by atoms with Crippen LogP contribution in [0.4, 0.5) is 6.01 Å². The van der Waals surface area contributed by atoms with Crippen molar-refractivity contribution in [3.63, 3.8) is 0 Å². The molecule has 1 unspecified atom stereocenters. The molecule has 1 atom stereocenters. The van der Waals surface area contributed by atoms with Crippen LogP contribution in [0.3, 0.4) is 0 Å². The number of aromatic nitrogens is 2.